The van der Waals surface area contributed by atoms with Crippen LogP contribution < -0.4 is 5.32 Å². The van der Waals surface area contributed by atoms with Crippen LogP contribution in [0.25, 0.3) is 22.2 Å². The second-order valence-corrected chi connectivity index (χ2v) is 12.0. The van der Waals surface area contributed by atoms with Crippen molar-refractivity contribution in [1.29, 1.82) is 0 Å². The molecule has 4 aromatic rings. The van der Waals surface area contributed by atoms with Gasteiger partial charge in [-0.1, -0.05) is 6.07 Å². The molecule has 0 radical (unpaired) electrons. The molecule has 3 atom stereocenters. The van der Waals surface area contributed by atoms with Gasteiger partial charge in [0, 0.05) is 34.8 Å². The molecule has 3 N–H and O–H groups in total. The van der Waals surface area contributed by atoms with Crippen molar-refractivity contribution in [3.05, 3.63) is 58.0 Å². The van der Waals surface area contributed by atoms with Gasteiger partial charge in [-0.2, -0.15) is 5.10 Å². The summed E-state index contributed by atoms with van der Waals surface area (Å²) in [4.78, 5) is 59.2. The highest BCUT2D eigenvalue weighted by Gasteiger charge is 2.67. The maximum atomic E-state index is 13.9. The van der Waals surface area contributed by atoms with E-state index in [1.165, 1.54) is 9.58 Å². The summed E-state index contributed by atoms with van der Waals surface area (Å²) in [6, 6.07) is 4.13. The van der Waals surface area contributed by atoms with Crippen LogP contribution in [-0.4, -0.2) is 87.7 Å². The van der Waals surface area contributed by atoms with E-state index in [1.807, 2.05) is 13.0 Å². The Morgan fingerprint density at radius 3 is 2.53 bits per heavy atom. The van der Waals surface area contributed by atoms with Gasteiger partial charge in [0.2, 0.25) is 17.6 Å². The molecule has 1 aliphatic carbocycles. The second-order valence-electron chi connectivity index (χ2n) is 11.1. The standard InChI is InChI=1S/C29H29BrN8O5/c1-14-4-5-23(30)34-27(14)35-28(43)20-7-29(13-40)8-22(29)38(20)24(42)11-37-26-15(2)33-19(17-9-31-16(3)32-10-17)6-18(26)25(36-37)21(41)12-39/h4-6,9-10,20,22,39-40H,7-8,11-13H2,1-3H3,(H,34,35,43)/t20-,22+,29-/m0/s1. The maximum absolute atomic E-state index is 13.9. The summed E-state index contributed by atoms with van der Waals surface area (Å²) in [5.74, 6) is -0.412. The van der Waals surface area contributed by atoms with Crippen molar-refractivity contribution in [2.45, 2.75) is 52.2 Å². The summed E-state index contributed by atoms with van der Waals surface area (Å²) in [6.45, 7) is 4.15. The molecule has 2 fully saturated rings. The Bertz CT molecular complexity index is 1790. The Labute approximate surface area is 254 Å². The minimum absolute atomic E-state index is 0.00752. The van der Waals surface area contributed by atoms with Crippen LogP contribution in [0.4, 0.5) is 5.82 Å². The van der Waals surface area contributed by atoms with E-state index in [-0.39, 0.29) is 30.8 Å². The van der Waals surface area contributed by atoms with Crippen molar-refractivity contribution in [2.24, 2.45) is 5.41 Å². The smallest absolute Gasteiger partial charge is 0.248 e. The molecule has 5 heterocycles. The molecule has 14 heteroatoms. The van der Waals surface area contributed by atoms with Crippen LogP contribution in [0.5, 0.6) is 0 Å². The molecule has 4 aromatic heterocycles. The highest BCUT2D eigenvalue weighted by atomic mass is 79.9. The van der Waals surface area contributed by atoms with E-state index >= 15 is 0 Å². The average Bonchev–Trinajstić information content (AvgIpc) is 3.41. The lowest BCUT2D eigenvalue weighted by molar-refractivity contribution is -0.138. The van der Waals surface area contributed by atoms with Gasteiger partial charge in [-0.15, -0.1) is 0 Å². The third kappa shape index (κ3) is 5.08. The minimum Gasteiger partial charge on any atom is -0.396 e. The summed E-state index contributed by atoms with van der Waals surface area (Å²) in [5.41, 5.74) is 2.35. The number of nitrogens with zero attached hydrogens (tertiary/aromatic N) is 7. The fraction of sp³-hybridized carbons (Fsp3) is 0.379. The van der Waals surface area contributed by atoms with E-state index in [4.69, 9.17) is 0 Å². The number of pyridine rings is 2. The number of amides is 2. The molecule has 13 nitrogen and oxygen atoms in total. The van der Waals surface area contributed by atoms with Gasteiger partial charge in [0.1, 0.15) is 41.1 Å². The number of halogens is 1. The highest BCUT2D eigenvalue weighted by molar-refractivity contribution is 9.10. The zero-order valence-corrected chi connectivity index (χ0v) is 25.3. The summed E-state index contributed by atoms with van der Waals surface area (Å²) < 4.78 is 1.96. The third-order valence-electron chi connectivity index (χ3n) is 8.30. The zero-order chi connectivity index (χ0) is 30.6. The van der Waals surface area contributed by atoms with E-state index < -0.39 is 29.8 Å². The number of hydrogen-bond donors (Lipinski definition) is 3. The SMILES string of the molecule is Cc1ncc(-c2cc3c(C(=O)CO)nn(CC(=O)N4[C@H](C(=O)Nc5nc(Br)ccc5C)C[C@@]5(CO)C[C@@H]45)c3c(C)n2)cn1. The summed E-state index contributed by atoms with van der Waals surface area (Å²) in [5, 5.41) is 27.5. The van der Waals surface area contributed by atoms with Crippen LogP contribution in [0.2, 0.25) is 0 Å². The number of ketones is 1. The van der Waals surface area contributed by atoms with E-state index in [0.717, 1.165) is 5.56 Å². The van der Waals surface area contributed by atoms with Crippen LogP contribution in [0.1, 0.15) is 40.4 Å². The second kappa shape index (κ2) is 10.8. The molecular weight excluding hydrogens is 620 g/mol. The number of anilines is 1. The number of rotatable bonds is 8. The number of aryl methyl sites for hydroxylation is 3. The lowest BCUT2D eigenvalue weighted by Gasteiger charge is -2.27. The highest BCUT2D eigenvalue weighted by Crippen LogP contribution is 2.59. The number of fused-ring (bicyclic) bond motifs is 2. The zero-order valence-electron chi connectivity index (χ0n) is 23.7. The molecular formula is C29H29BrN8O5. The minimum atomic E-state index is -0.827. The Morgan fingerprint density at radius 1 is 1.09 bits per heavy atom. The average molecular weight is 650 g/mol. The fourth-order valence-corrected chi connectivity index (χ4v) is 6.26. The van der Waals surface area contributed by atoms with Gasteiger partial charge >= 0.3 is 0 Å². The number of Topliss-reactive ketones (excluding diaryl/α,β-unsaturated/α-hetero) is 1. The van der Waals surface area contributed by atoms with Crippen LogP contribution >= 0.6 is 15.9 Å². The summed E-state index contributed by atoms with van der Waals surface area (Å²) in [6.07, 6.45) is 4.16. The van der Waals surface area contributed by atoms with Gasteiger partial charge < -0.3 is 20.4 Å². The van der Waals surface area contributed by atoms with E-state index in [0.29, 0.717) is 56.9 Å². The number of carbonyl (C=O) groups excluding carboxylic acids is 3. The van der Waals surface area contributed by atoms with E-state index in [9.17, 15) is 24.6 Å². The number of piperidine rings is 1. The Kier molecular flexibility index (Phi) is 7.30. The number of aliphatic hydroxyl groups excluding tert-OH is 2. The Morgan fingerprint density at radius 2 is 1.84 bits per heavy atom. The number of nitrogens with one attached hydrogen (secondary N) is 1. The predicted molar refractivity (Wildman–Crippen MR) is 158 cm³/mol. The van der Waals surface area contributed by atoms with Gasteiger partial charge in [0.05, 0.1) is 23.5 Å². The normalized spacial score (nSPS) is 20.7. The first-order valence-electron chi connectivity index (χ1n) is 13.7. The predicted octanol–water partition coefficient (Wildman–Crippen LogP) is 2.14. The van der Waals surface area contributed by atoms with Crippen LogP contribution in [0.15, 0.2) is 35.2 Å². The van der Waals surface area contributed by atoms with Gasteiger partial charge in [-0.05, 0) is 67.2 Å². The largest absolute Gasteiger partial charge is 0.396 e. The molecule has 0 unspecified atom stereocenters. The van der Waals surface area contributed by atoms with Crippen molar-refractivity contribution >= 4 is 50.2 Å². The number of aliphatic hydroxyl groups is 2. The van der Waals surface area contributed by atoms with Gasteiger partial charge in [0.25, 0.3) is 0 Å². The summed E-state index contributed by atoms with van der Waals surface area (Å²) >= 11 is 3.32. The quantitative estimate of drug-likeness (QED) is 0.189. The first kappa shape index (κ1) is 29.0. The van der Waals surface area contributed by atoms with Gasteiger partial charge in [-0.25, -0.2) is 15.0 Å². The molecule has 1 saturated heterocycles. The monoisotopic (exact) mass is 648 g/mol. The number of aromatic nitrogens is 6. The molecule has 1 aliphatic heterocycles. The lowest BCUT2D eigenvalue weighted by Crippen LogP contribution is -2.47. The van der Waals surface area contributed by atoms with Gasteiger partial charge in [-0.3, -0.25) is 24.0 Å². The molecule has 222 valence electrons. The topological polar surface area (TPSA) is 176 Å². The van der Waals surface area contributed by atoms with E-state index in [2.05, 4.69) is 46.3 Å². The number of likely N-dealkylation sites (tertiary alicyclic amines) is 1. The van der Waals surface area contributed by atoms with Crippen LogP contribution in [0.3, 0.4) is 0 Å². The number of carbonyl (C=O) groups is 3. The third-order valence-corrected chi connectivity index (χ3v) is 8.74. The Hall–Kier alpha value is -4.14. The molecule has 2 amide bonds. The molecule has 0 bridgehead atoms. The van der Waals surface area contributed by atoms with Crippen molar-refractivity contribution in [2.75, 3.05) is 18.5 Å². The van der Waals surface area contributed by atoms with Crippen molar-refractivity contribution in [3.8, 4) is 11.3 Å². The lowest BCUT2D eigenvalue weighted by atomic mass is 10.0. The molecule has 0 spiro atoms. The van der Waals surface area contributed by atoms with Crippen LogP contribution in [-0.2, 0) is 16.1 Å². The summed E-state index contributed by atoms with van der Waals surface area (Å²) in [7, 11) is 0. The van der Waals surface area contributed by atoms with E-state index in [1.54, 1.807) is 38.4 Å². The van der Waals surface area contributed by atoms with Gasteiger partial charge in [0.15, 0.2) is 0 Å². The fourth-order valence-electron chi connectivity index (χ4n) is 5.95. The molecule has 6 rings (SSSR count). The van der Waals surface area contributed by atoms with Crippen molar-refractivity contribution in [1.82, 2.24) is 34.6 Å². The number of hydrogen-bond acceptors (Lipinski definition) is 10. The van der Waals surface area contributed by atoms with Crippen molar-refractivity contribution in [3.63, 3.8) is 0 Å². The molecule has 1 saturated carbocycles. The Balaban J connectivity index is 1.34. The molecule has 0 aromatic carbocycles. The first-order valence-corrected chi connectivity index (χ1v) is 14.5. The van der Waals surface area contributed by atoms with Crippen molar-refractivity contribution < 1.29 is 24.6 Å². The maximum Gasteiger partial charge on any atom is 0.248 e. The van der Waals surface area contributed by atoms with Crippen LogP contribution in [0, 0.1) is 26.2 Å². The molecule has 2 aliphatic rings. The first-order chi connectivity index (χ1) is 20.5. The molecule has 43 heavy (non-hydrogen) atoms.